The van der Waals surface area contributed by atoms with E-state index in [2.05, 4.69) is 0 Å². The molecule has 7 nitrogen and oxygen atoms in total. The number of hydrogen-bond acceptors (Lipinski definition) is 5. The van der Waals surface area contributed by atoms with E-state index in [1.165, 1.54) is 21.9 Å². The Bertz CT molecular complexity index is 796. The van der Waals surface area contributed by atoms with Gasteiger partial charge in [0.15, 0.2) is 0 Å². The molecule has 27 heavy (non-hydrogen) atoms. The van der Waals surface area contributed by atoms with Gasteiger partial charge >= 0.3 is 11.9 Å². The first-order chi connectivity index (χ1) is 12.4. The second kappa shape index (κ2) is 7.79. The molecule has 0 aliphatic carbocycles. The van der Waals surface area contributed by atoms with Gasteiger partial charge in [-0.05, 0) is 45.0 Å². The number of rotatable bonds is 3. The molecule has 0 bridgehead atoms. The Balaban J connectivity index is 1.99. The molecular weight excluding hydrogens is 382 g/mol. The van der Waals surface area contributed by atoms with E-state index in [0.717, 1.165) is 12.1 Å². The third-order valence-corrected chi connectivity index (χ3v) is 5.28. The van der Waals surface area contributed by atoms with E-state index in [9.17, 15) is 26.8 Å². The maximum atomic E-state index is 12.5. The summed E-state index contributed by atoms with van der Waals surface area (Å²) in [5, 5.41) is 0. The molecule has 1 aromatic rings. The van der Waals surface area contributed by atoms with Gasteiger partial charge in [-0.15, -0.1) is 0 Å². The van der Waals surface area contributed by atoms with Gasteiger partial charge in [0.2, 0.25) is 9.84 Å². The molecule has 1 heterocycles. The molecule has 0 aromatic heterocycles. The Morgan fingerprint density at radius 3 is 1.93 bits per heavy atom. The number of benzene rings is 1. The van der Waals surface area contributed by atoms with Crippen molar-refractivity contribution in [3.05, 3.63) is 29.8 Å². The fourth-order valence-electron chi connectivity index (χ4n) is 2.49. The van der Waals surface area contributed by atoms with E-state index >= 15 is 0 Å². The van der Waals surface area contributed by atoms with Crippen molar-refractivity contribution >= 4 is 21.8 Å². The van der Waals surface area contributed by atoms with Crippen LogP contribution in [0.4, 0.5) is 13.6 Å². The quantitative estimate of drug-likeness (QED) is 0.772. The number of halogens is 2. The van der Waals surface area contributed by atoms with Crippen LogP contribution < -0.4 is 0 Å². The Morgan fingerprint density at radius 2 is 1.48 bits per heavy atom. The molecule has 1 aromatic carbocycles. The van der Waals surface area contributed by atoms with Crippen LogP contribution >= 0.6 is 0 Å². The molecule has 1 fully saturated rings. The lowest BCUT2D eigenvalue weighted by molar-refractivity contribution is 0.0141. The molecule has 0 N–H and O–H groups in total. The van der Waals surface area contributed by atoms with Crippen molar-refractivity contribution in [2.45, 2.75) is 37.0 Å². The highest BCUT2D eigenvalue weighted by atomic mass is 32.2. The zero-order valence-electron chi connectivity index (χ0n) is 15.3. The predicted octanol–water partition coefficient (Wildman–Crippen LogP) is 2.38. The Hall–Kier alpha value is -2.23. The molecule has 0 saturated carbocycles. The van der Waals surface area contributed by atoms with E-state index in [4.69, 9.17) is 4.74 Å². The molecule has 0 unspecified atom stereocenters. The molecule has 0 spiro atoms. The second-order valence-corrected chi connectivity index (χ2v) is 9.01. The second-order valence-electron chi connectivity index (χ2n) is 7.09. The Morgan fingerprint density at radius 1 is 1.00 bits per heavy atom. The van der Waals surface area contributed by atoms with Crippen LogP contribution in [0.3, 0.4) is 0 Å². The summed E-state index contributed by atoms with van der Waals surface area (Å²) in [6, 6.07) is 4.40. The number of ether oxygens (including phenoxy) is 1. The zero-order chi connectivity index (χ0) is 20.4. The maximum Gasteiger partial charge on any atom is 0.410 e. The molecule has 2 amide bonds. The van der Waals surface area contributed by atoms with E-state index < -0.39 is 32.2 Å². The summed E-state index contributed by atoms with van der Waals surface area (Å²) < 4.78 is 53.2. The van der Waals surface area contributed by atoms with Gasteiger partial charge in [0.1, 0.15) is 5.60 Å². The lowest BCUT2D eigenvalue weighted by Crippen LogP contribution is -2.51. The van der Waals surface area contributed by atoms with Crippen LogP contribution in [0.5, 0.6) is 0 Å². The van der Waals surface area contributed by atoms with Crippen molar-refractivity contribution in [2.24, 2.45) is 0 Å². The summed E-state index contributed by atoms with van der Waals surface area (Å²) in [6.45, 7) is 6.48. The minimum Gasteiger partial charge on any atom is -0.444 e. The van der Waals surface area contributed by atoms with Gasteiger partial charge in [0.05, 0.1) is 4.90 Å². The van der Waals surface area contributed by atoms with Crippen LogP contribution in [0.25, 0.3) is 0 Å². The highest BCUT2D eigenvalue weighted by Crippen LogP contribution is 2.20. The number of sulfone groups is 1. The molecule has 1 saturated heterocycles. The fourth-order valence-corrected chi connectivity index (χ4v) is 3.21. The van der Waals surface area contributed by atoms with E-state index in [1.807, 2.05) is 0 Å². The average Bonchev–Trinajstić information content (AvgIpc) is 2.59. The highest BCUT2D eigenvalue weighted by Gasteiger charge is 2.29. The zero-order valence-corrected chi connectivity index (χ0v) is 16.1. The minimum atomic E-state index is -4.69. The van der Waals surface area contributed by atoms with E-state index in [-0.39, 0.29) is 24.6 Å². The largest absolute Gasteiger partial charge is 0.444 e. The van der Waals surface area contributed by atoms with Gasteiger partial charge in [-0.3, -0.25) is 4.79 Å². The predicted molar refractivity (Wildman–Crippen MR) is 93.3 cm³/mol. The molecule has 1 aliphatic rings. The summed E-state index contributed by atoms with van der Waals surface area (Å²) in [7, 11) is -4.69. The Labute approximate surface area is 156 Å². The van der Waals surface area contributed by atoms with Crippen LogP contribution in [0.1, 0.15) is 31.1 Å². The third-order valence-electron chi connectivity index (χ3n) is 3.88. The lowest BCUT2D eigenvalue weighted by atomic mass is 10.2. The van der Waals surface area contributed by atoms with Gasteiger partial charge in [-0.2, -0.15) is 8.78 Å². The monoisotopic (exact) mass is 404 g/mol. The van der Waals surface area contributed by atoms with Crippen molar-refractivity contribution < 1.29 is 31.5 Å². The van der Waals surface area contributed by atoms with Crippen molar-refractivity contribution in [3.63, 3.8) is 0 Å². The van der Waals surface area contributed by atoms with Crippen LogP contribution in [0.15, 0.2) is 29.2 Å². The molecule has 1 aliphatic heterocycles. The first-order valence-corrected chi connectivity index (χ1v) is 9.86. The van der Waals surface area contributed by atoms with Crippen molar-refractivity contribution in [2.75, 3.05) is 26.2 Å². The summed E-state index contributed by atoms with van der Waals surface area (Å²) in [6.07, 6.45) is -0.448. The third kappa shape index (κ3) is 5.15. The smallest absolute Gasteiger partial charge is 0.410 e. The van der Waals surface area contributed by atoms with Crippen LogP contribution in [0.2, 0.25) is 0 Å². The molecule has 0 radical (unpaired) electrons. The number of nitrogens with zero attached hydrogens (tertiary/aromatic N) is 2. The van der Waals surface area contributed by atoms with Gasteiger partial charge in [0, 0.05) is 31.7 Å². The fraction of sp³-hybridized carbons (Fsp3) is 0.529. The van der Waals surface area contributed by atoms with Crippen molar-refractivity contribution in [1.29, 1.82) is 0 Å². The maximum absolute atomic E-state index is 12.5. The lowest BCUT2D eigenvalue weighted by Gasteiger charge is -2.35. The summed E-state index contributed by atoms with van der Waals surface area (Å²) >= 11 is 0. The molecule has 2 rings (SSSR count). The van der Waals surface area contributed by atoms with Gasteiger partial charge < -0.3 is 14.5 Å². The summed E-state index contributed by atoms with van der Waals surface area (Å²) in [4.78, 5) is 27.0. The van der Waals surface area contributed by atoms with Crippen molar-refractivity contribution in [1.82, 2.24) is 9.80 Å². The molecule has 150 valence electrons. The van der Waals surface area contributed by atoms with E-state index in [1.54, 1.807) is 20.8 Å². The Kier molecular flexibility index (Phi) is 6.08. The molecular formula is C17H22F2N2O5S. The van der Waals surface area contributed by atoms with E-state index in [0.29, 0.717) is 13.1 Å². The normalized spacial score (nSPS) is 15.8. The highest BCUT2D eigenvalue weighted by molar-refractivity contribution is 7.91. The number of carbonyl (C=O) groups excluding carboxylic acids is 2. The molecule has 10 heteroatoms. The number of alkyl halides is 2. The first kappa shape index (κ1) is 21.1. The van der Waals surface area contributed by atoms with Gasteiger partial charge in [0.25, 0.3) is 5.91 Å². The number of piperazine rings is 1. The first-order valence-electron chi connectivity index (χ1n) is 8.31. The SMILES string of the molecule is CC(C)(C)OC(=O)N1CCN(C(=O)c2ccc(S(=O)(=O)C(F)F)cc2)CC1. The van der Waals surface area contributed by atoms with Gasteiger partial charge in [-0.25, -0.2) is 13.2 Å². The summed E-state index contributed by atoms with van der Waals surface area (Å²) in [5.41, 5.74) is -0.418. The number of hydrogen-bond donors (Lipinski definition) is 0. The number of amides is 2. The van der Waals surface area contributed by atoms with Crippen LogP contribution in [-0.4, -0.2) is 67.8 Å². The number of carbonyl (C=O) groups is 2. The van der Waals surface area contributed by atoms with Crippen LogP contribution in [0, 0.1) is 0 Å². The minimum absolute atomic E-state index is 0.189. The molecule has 0 atom stereocenters. The average molecular weight is 404 g/mol. The van der Waals surface area contributed by atoms with Gasteiger partial charge in [-0.1, -0.05) is 0 Å². The standard InChI is InChI=1S/C17H22F2N2O5S/c1-17(2,3)26-16(23)21-10-8-20(9-11-21)14(22)12-4-6-13(7-5-12)27(24,25)15(18)19/h4-7,15H,8-11H2,1-3H3. The topological polar surface area (TPSA) is 84.0 Å². The van der Waals surface area contributed by atoms with Crippen molar-refractivity contribution in [3.8, 4) is 0 Å². The summed E-state index contributed by atoms with van der Waals surface area (Å²) in [5.74, 6) is -3.88. The van der Waals surface area contributed by atoms with Crippen LogP contribution in [-0.2, 0) is 14.6 Å².